The highest BCUT2D eigenvalue weighted by Gasteiger charge is 2.29. The molecule has 4 rings (SSSR count). The van der Waals surface area contributed by atoms with Gasteiger partial charge in [-0.05, 0) is 48.7 Å². The Kier molecular flexibility index (Phi) is 6.53. The molecule has 0 fully saturated rings. The number of carbonyl (C=O) groups is 2. The van der Waals surface area contributed by atoms with Gasteiger partial charge in [0, 0.05) is 18.4 Å². The zero-order valence-electron chi connectivity index (χ0n) is 19.8. The number of fused-ring (bicyclic) bond motifs is 1. The quantitative estimate of drug-likeness (QED) is 0.509. The van der Waals surface area contributed by atoms with Crippen LogP contribution < -0.4 is 19.5 Å². The van der Waals surface area contributed by atoms with E-state index in [-0.39, 0.29) is 46.8 Å². The van der Waals surface area contributed by atoms with Gasteiger partial charge in [-0.15, -0.1) is 0 Å². The molecule has 1 aliphatic rings. The third-order valence-electron chi connectivity index (χ3n) is 5.69. The van der Waals surface area contributed by atoms with Crippen LogP contribution in [0.4, 0.5) is 11.5 Å². The van der Waals surface area contributed by atoms with Crippen molar-refractivity contribution in [3.63, 3.8) is 0 Å². The number of aromatic nitrogens is 2. The summed E-state index contributed by atoms with van der Waals surface area (Å²) in [6, 6.07) is 9.80. The van der Waals surface area contributed by atoms with E-state index in [1.165, 1.54) is 31.0 Å². The van der Waals surface area contributed by atoms with Gasteiger partial charge in [0.1, 0.15) is 22.2 Å². The summed E-state index contributed by atoms with van der Waals surface area (Å²) in [4.78, 5) is 24.7. The minimum absolute atomic E-state index is 0.0353. The molecule has 0 bridgehead atoms. The zero-order chi connectivity index (χ0) is 25.3. The number of hydrogen-bond acceptors (Lipinski definition) is 7. The van der Waals surface area contributed by atoms with Crippen molar-refractivity contribution in [1.82, 2.24) is 9.78 Å². The molecule has 0 unspecified atom stereocenters. The van der Waals surface area contributed by atoms with Crippen molar-refractivity contribution in [3.8, 4) is 22.6 Å². The Labute approximate surface area is 203 Å². The third kappa shape index (κ3) is 4.59. The van der Waals surface area contributed by atoms with E-state index < -0.39 is 10.0 Å². The first-order valence-corrected chi connectivity index (χ1v) is 12.5. The number of aryl methyl sites for hydroxylation is 2. The number of amides is 1. The van der Waals surface area contributed by atoms with Gasteiger partial charge in [-0.25, -0.2) is 8.42 Å². The molecule has 184 valence electrons. The van der Waals surface area contributed by atoms with Gasteiger partial charge in [-0.3, -0.25) is 14.3 Å². The number of benzene rings is 2. The summed E-state index contributed by atoms with van der Waals surface area (Å²) in [7, 11) is -1.29. The first-order valence-electron chi connectivity index (χ1n) is 11.0. The van der Waals surface area contributed by atoms with Crippen LogP contribution in [-0.4, -0.2) is 44.2 Å². The molecule has 11 heteroatoms. The number of hydrogen-bond donors (Lipinski definition) is 2. The van der Waals surface area contributed by atoms with Crippen molar-refractivity contribution in [2.45, 2.75) is 38.0 Å². The summed E-state index contributed by atoms with van der Waals surface area (Å²) < 4.78 is 41.4. The van der Waals surface area contributed by atoms with Crippen molar-refractivity contribution < 1.29 is 27.5 Å². The second-order valence-electron chi connectivity index (χ2n) is 8.05. The molecular weight excluding hydrogens is 472 g/mol. The number of nitrogens with zero attached hydrogens (tertiary/aromatic N) is 2. The summed E-state index contributed by atoms with van der Waals surface area (Å²) >= 11 is 0. The van der Waals surface area contributed by atoms with Crippen molar-refractivity contribution in [2.24, 2.45) is 0 Å². The minimum atomic E-state index is -4.13. The van der Waals surface area contributed by atoms with Crippen molar-refractivity contribution in [2.75, 3.05) is 24.3 Å². The predicted octanol–water partition coefficient (Wildman–Crippen LogP) is 3.61. The van der Waals surface area contributed by atoms with E-state index in [4.69, 9.17) is 9.47 Å². The van der Waals surface area contributed by atoms with Crippen LogP contribution in [0.1, 0.15) is 35.8 Å². The standard InChI is InChI=1S/C24H26N4O6S/c1-5-16-23(24-25-21(29)10-11-22(30)28(24)26-16)15-7-9-19(34-4)20(13-15)35(31,32)27-17-12-14(2)6-8-18(17)33-3/h6-9,12-13,27H,5,10-11H2,1-4H3,(H,25,29). The number of rotatable bonds is 7. The Bertz CT molecular complexity index is 1430. The van der Waals surface area contributed by atoms with Crippen LogP contribution in [0.2, 0.25) is 0 Å². The van der Waals surface area contributed by atoms with E-state index in [1.54, 1.807) is 18.2 Å². The van der Waals surface area contributed by atoms with Crippen LogP contribution in [0.15, 0.2) is 41.3 Å². The van der Waals surface area contributed by atoms with Crippen molar-refractivity contribution in [1.29, 1.82) is 0 Å². The largest absolute Gasteiger partial charge is 0.495 e. The second-order valence-corrected chi connectivity index (χ2v) is 9.70. The highest BCUT2D eigenvalue weighted by atomic mass is 32.2. The third-order valence-corrected chi connectivity index (χ3v) is 7.08. The maximum absolute atomic E-state index is 13.5. The summed E-state index contributed by atoms with van der Waals surface area (Å²) in [5.41, 5.74) is 2.64. The maximum Gasteiger partial charge on any atom is 0.265 e. The van der Waals surface area contributed by atoms with Crippen LogP contribution >= 0.6 is 0 Å². The molecule has 0 spiro atoms. The van der Waals surface area contributed by atoms with E-state index >= 15 is 0 Å². The first-order chi connectivity index (χ1) is 16.7. The van der Waals surface area contributed by atoms with E-state index in [2.05, 4.69) is 15.1 Å². The zero-order valence-corrected chi connectivity index (χ0v) is 20.7. The normalized spacial score (nSPS) is 13.6. The van der Waals surface area contributed by atoms with Crippen LogP contribution in [0.5, 0.6) is 11.5 Å². The van der Waals surface area contributed by atoms with E-state index in [9.17, 15) is 18.0 Å². The molecule has 0 saturated heterocycles. The van der Waals surface area contributed by atoms with Crippen molar-refractivity contribution >= 4 is 33.3 Å². The SMILES string of the molecule is CCc1nn2c(c1-c1ccc(OC)c(S(=O)(=O)Nc3cc(C)ccc3OC)c1)NC(=O)CCC2=O. The summed E-state index contributed by atoms with van der Waals surface area (Å²) in [5, 5.41) is 7.15. The van der Waals surface area contributed by atoms with Crippen LogP contribution in [0.25, 0.3) is 11.1 Å². The van der Waals surface area contributed by atoms with Gasteiger partial charge in [-0.1, -0.05) is 19.1 Å². The lowest BCUT2D eigenvalue weighted by Crippen LogP contribution is -2.15. The molecule has 2 aromatic carbocycles. The monoisotopic (exact) mass is 498 g/mol. The second kappa shape index (κ2) is 9.41. The molecule has 0 aliphatic carbocycles. The summed E-state index contributed by atoms with van der Waals surface area (Å²) in [6.45, 7) is 3.71. The van der Waals surface area contributed by atoms with Crippen molar-refractivity contribution in [3.05, 3.63) is 47.7 Å². The summed E-state index contributed by atoms with van der Waals surface area (Å²) in [5.74, 6) is 0.107. The van der Waals surface area contributed by atoms with Crippen LogP contribution in [0, 0.1) is 6.92 Å². The lowest BCUT2D eigenvalue weighted by molar-refractivity contribution is -0.116. The van der Waals surface area contributed by atoms with Crippen LogP contribution in [0.3, 0.4) is 0 Å². The molecule has 2 heterocycles. The molecule has 35 heavy (non-hydrogen) atoms. The number of nitrogens with one attached hydrogen (secondary N) is 2. The molecule has 3 aromatic rings. The lowest BCUT2D eigenvalue weighted by atomic mass is 10.0. The van der Waals surface area contributed by atoms with Gasteiger partial charge in [0.15, 0.2) is 0 Å². The highest BCUT2D eigenvalue weighted by molar-refractivity contribution is 7.92. The van der Waals surface area contributed by atoms with Gasteiger partial charge >= 0.3 is 0 Å². The number of sulfonamides is 1. The number of ether oxygens (including phenoxy) is 2. The predicted molar refractivity (Wildman–Crippen MR) is 131 cm³/mol. The Morgan fingerprint density at radius 3 is 2.46 bits per heavy atom. The molecule has 1 amide bonds. The molecule has 1 aromatic heterocycles. The highest BCUT2D eigenvalue weighted by Crippen LogP contribution is 2.38. The van der Waals surface area contributed by atoms with E-state index in [0.717, 1.165) is 5.56 Å². The maximum atomic E-state index is 13.5. The summed E-state index contributed by atoms with van der Waals surface area (Å²) in [6.07, 6.45) is 0.548. The Morgan fingerprint density at radius 1 is 1.06 bits per heavy atom. The van der Waals surface area contributed by atoms with Crippen LogP contribution in [-0.2, 0) is 21.2 Å². The Hall–Kier alpha value is -3.86. The number of anilines is 2. The average Bonchev–Trinajstić information content (AvgIpc) is 3.13. The minimum Gasteiger partial charge on any atom is -0.495 e. The average molecular weight is 499 g/mol. The fourth-order valence-corrected chi connectivity index (χ4v) is 5.23. The van der Waals surface area contributed by atoms with Gasteiger partial charge in [0.25, 0.3) is 10.0 Å². The van der Waals surface area contributed by atoms with Gasteiger partial charge < -0.3 is 14.8 Å². The van der Waals surface area contributed by atoms with E-state index in [0.29, 0.717) is 29.0 Å². The molecule has 0 saturated carbocycles. The van der Waals surface area contributed by atoms with Gasteiger partial charge in [-0.2, -0.15) is 9.78 Å². The molecule has 0 radical (unpaired) electrons. The fraction of sp³-hybridized carbons (Fsp3) is 0.292. The molecule has 10 nitrogen and oxygen atoms in total. The Balaban J connectivity index is 1.86. The van der Waals surface area contributed by atoms with E-state index in [1.807, 2.05) is 19.9 Å². The first kappa shape index (κ1) is 24.3. The topological polar surface area (TPSA) is 129 Å². The molecule has 0 atom stereocenters. The lowest BCUT2D eigenvalue weighted by Gasteiger charge is -2.16. The molecular formula is C24H26N4O6S. The smallest absolute Gasteiger partial charge is 0.265 e. The Morgan fingerprint density at radius 2 is 1.77 bits per heavy atom. The fourth-order valence-electron chi connectivity index (χ4n) is 3.97. The number of methoxy groups -OCH3 is 2. The number of carbonyl (C=O) groups excluding carboxylic acids is 2. The molecule has 2 N–H and O–H groups in total. The van der Waals surface area contributed by atoms with Gasteiger partial charge in [0.2, 0.25) is 11.8 Å². The molecule has 1 aliphatic heterocycles. The van der Waals surface area contributed by atoms with Gasteiger partial charge in [0.05, 0.1) is 25.6 Å².